The third kappa shape index (κ3) is 17.3. The number of nitrogens with two attached hydrogens (primary N) is 1. The molecule has 0 aromatic heterocycles. The van der Waals surface area contributed by atoms with E-state index >= 15 is 0 Å². The molecule has 1 rings (SSSR count). The quantitative estimate of drug-likeness (QED) is 0.122. The molecule has 0 spiro atoms. The van der Waals surface area contributed by atoms with Crippen LogP contribution >= 0.6 is 0 Å². The van der Waals surface area contributed by atoms with Gasteiger partial charge in [-0.2, -0.15) is 0 Å². The van der Waals surface area contributed by atoms with Crippen LogP contribution in [-0.2, 0) is 39.8 Å². The molecule has 11 heteroatoms. The van der Waals surface area contributed by atoms with Gasteiger partial charge in [0.1, 0.15) is 0 Å². The van der Waals surface area contributed by atoms with Crippen molar-refractivity contribution in [1.82, 2.24) is 4.72 Å². The maximum absolute atomic E-state index is 12.0. The number of hydrogen-bond donors (Lipinski definition) is 3. The molecular weight excluding hydrogens is 428 g/mol. The number of aliphatic hydroxyl groups excluding tert-OH is 1. The summed E-state index contributed by atoms with van der Waals surface area (Å²) in [6.07, 6.45) is 0. The van der Waals surface area contributed by atoms with Crippen molar-refractivity contribution in [3.63, 3.8) is 0 Å². The van der Waals surface area contributed by atoms with Gasteiger partial charge in [-0.1, -0.05) is 0 Å². The molecule has 1 aromatic carbocycles. The monoisotopic (exact) mass is 464 g/mol. The fourth-order valence-corrected chi connectivity index (χ4v) is 2.97. The molecule has 10 nitrogen and oxygen atoms in total. The van der Waals surface area contributed by atoms with Crippen molar-refractivity contribution in [1.29, 1.82) is 0 Å². The first-order valence-corrected chi connectivity index (χ1v) is 11.5. The van der Waals surface area contributed by atoms with Crippen LogP contribution in [0.2, 0.25) is 0 Å². The van der Waals surface area contributed by atoms with Gasteiger partial charge in [-0.05, 0) is 24.3 Å². The van der Waals surface area contributed by atoms with Crippen molar-refractivity contribution < 1.29 is 38.1 Å². The first-order valence-electron chi connectivity index (χ1n) is 10.3. The van der Waals surface area contributed by atoms with E-state index in [4.69, 9.17) is 39.3 Å². The van der Waals surface area contributed by atoms with E-state index in [1.54, 1.807) is 24.3 Å². The Labute approximate surface area is 187 Å². The molecule has 180 valence electrons. The number of rotatable bonds is 22. The highest BCUT2D eigenvalue weighted by atomic mass is 32.2. The Morgan fingerprint density at radius 2 is 1.06 bits per heavy atom. The molecule has 1 aromatic rings. The molecule has 0 radical (unpaired) electrons. The van der Waals surface area contributed by atoms with Crippen molar-refractivity contribution in [2.75, 3.05) is 98.2 Å². The SMILES string of the molecule is Nc1ccc([S+]([O-])NCCOCCOCCOCCOCCOCCOCCO)cc1. The van der Waals surface area contributed by atoms with Crippen LogP contribution in [0.1, 0.15) is 0 Å². The predicted molar refractivity (Wildman–Crippen MR) is 117 cm³/mol. The largest absolute Gasteiger partial charge is 0.593 e. The molecule has 0 bridgehead atoms. The van der Waals surface area contributed by atoms with E-state index in [9.17, 15) is 4.55 Å². The van der Waals surface area contributed by atoms with E-state index in [1.165, 1.54) is 0 Å². The van der Waals surface area contributed by atoms with Gasteiger partial charge >= 0.3 is 0 Å². The third-order valence-electron chi connectivity index (χ3n) is 3.67. The molecule has 0 saturated heterocycles. The lowest BCUT2D eigenvalue weighted by Crippen LogP contribution is -2.27. The van der Waals surface area contributed by atoms with E-state index < -0.39 is 11.4 Å². The number of nitrogens with one attached hydrogen (secondary N) is 1. The van der Waals surface area contributed by atoms with Gasteiger partial charge in [0.2, 0.25) is 0 Å². The molecular formula is C20H36N2O8S. The van der Waals surface area contributed by atoms with Crippen LogP contribution in [-0.4, -0.2) is 102 Å². The Hall–Kier alpha value is -0.990. The number of anilines is 1. The summed E-state index contributed by atoms with van der Waals surface area (Å²) in [4.78, 5) is 0.677. The van der Waals surface area contributed by atoms with E-state index in [1.807, 2.05) is 0 Å². The molecule has 1 atom stereocenters. The summed E-state index contributed by atoms with van der Waals surface area (Å²) in [5.41, 5.74) is 6.25. The zero-order chi connectivity index (χ0) is 22.4. The molecule has 4 N–H and O–H groups in total. The molecule has 0 aliphatic carbocycles. The van der Waals surface area contributed by atoms with Crippen molar-refractivity contribution in [2.45, 2.75) is 4.90 Å². The lowest BCUT2D eigenvalue weighted by atomic mass is 10.3. The maximum Gasteiger partial charge on any atom is 0.174 e. The lowest BCUT2D eigenvalue weighted by Gasteiger charge is -2.11. The first-order chi connectivity index (χ1) is 15.2. The summed E-state index contributed by atoms with van der Waals surface area (Å²) in [7, 11) is 0. The van der Waals surface area contributed by atoms with E-state index in [0.29, 0.717) is 96.4 Å². The first kappa shape index (κ1) is 28.0. The summed E-state index contributed by atoms with van der Waals surface area (Å²) in [6.45, 7) is 6.13. The molecule has 0 amide bonds. The Morgan fingerprint density at radius 3 is 1.48 bits per heavy atom. The van der Waals surface area contributed by atoms with Gasteiger partial charge in [-0.25, -0.2) is 0 Å². The van der Waals surface area contributed by atoms with E-state index in [-0.39, 0.29) is 6.61 Å². The minimum atomic E-state index is -1.27. The number of benzene rings is 1. The van der Waals surface area contributed by atoms with E-state index in [2.05, 4.69) is 4.72 Å². The van der Waals surface area contributed by atoms with Crippen molar-refractivity contribution in [3.05, 3.63) is 24.3 Å². The van der Waals surface area contributed by atoms with Crippen molar-refractivity contribution in [2.24, 2.45) is 0 Å². The van der Waals surface area contributed by atoms with Crippen LogP contribution in [0, 0.1) is 0 Å². The number of hydrogen-bond acceptors (Lipinski definition) is 10. The minimum absolute atomic E-state index is 0.0242. The Bertz CT molecular complexity index is 512. The van der Waals surface area contributed by atoms with Gasteiger partial charge in [-0.3, -0.25) is 0 Å². The zero-order valence-electron chi connectivity index (χ0n) is 18.0. The van der Waals surface area contributed by atoms with Gasteiger partial charge in [0.05, 0.1) is 104 Å². The van der Waals surface area contributed by atoms with Crippen molar-refractivity contribution in [3.8, 4) is 0 Å². The molecule has 0 heterocycles. The number of nitrogen functional groups attached to an aromatic ring is 1. The Kier molecular flexibility index (Phi) is 18.9. The predicted octanol–water partition coefficient (Wildman–Crippen LogP) is -0.0271. The normalized spacial score (nSPS) is 12.3. The minimum Gasteiger partial charge on any atom is -0.593 e. The molecule has 31 heavy (non-hydrogen) atoms. The summed E-state index contributed by atoms with van der Waals surface area (Å²) in [5.74, 6) is 0. The number of aliphatic hydroxyl groups is 1. The molecule has 1 unspecified atom stereocenters. The van der Waals surface area contributed by atoms with Crippen LogP contribution in [0.3, 0.4) is 0 Å². The van der Waals surface area contributed by atoms with Crippen LogP contribution < -0.4 is 10.5 Å². The van der Waals surface area contributed by atoms with Crippen LogP contribution in [0.15, 0.2) is 29.2 Å². The summed E-state index contributed by atoms with van der Waals surface area (Å²) in [6, 6.07) is 6.90. The third-order valence-corrected chi connectivity index (χ3v) is 4.84. The van der Waals surface area contributed by atoms with Crippen LogP contribution in [0.25, 0.3) is 0 Å². The molecule has 0 saturated carbocycles. The highest BCUT2D eigenvalue weighted by molar-refractivity contribution is 7.89. The Morgan fingerprint density at radius 1 is 0.677 bits per heavy atom. The zero-order valence-corrected chi connectivity index (χ0v) is 18.8. The molecule has 0 aliphatic rings. The average Bonchev–Trinajstić information content (AvgIpc) is 2.78. The van der Waals surface area contributed by atoms with Gasteiger partial charge < -0.3 is 43.8 Å². The smallest absolute Gasteiger partial charge is 0.174 e. The highest BCUT2D eigenvalue weighted by Crippen LogP contribution is 2.10. The standard InChI is InChI=1S/C20H36N2O8S/c21-19-1-3-20(4-2-19)31(24)22-5-7-25-9-11-27-13-15-29-17-18-30-16-14-28-12-10-26-8-6-23/h1-4,22-23H,5-18,21H2. The second-order valence-corrected chi connectivity index (χ2v) is 7.43. The lowest BCUT2D eigenvalue weighted by molar-refractivity contribution is -0.0179. The van der Waals surface area contributed by atoms with Crippen molar-refractivity contribution >= 4 is 17.0 Å². The van der Waals surface area contributed by atoms with Crippen LogP contribution in [0.5, 0.6) is 0 Å². The van der Waals surface area contributed by atoms with Gasteiger partial charge in [-0.15, -0.1) is 4.72 Å². The number of ether oxygens (including phenoxy) is 6. The highest BCUT2D eigenvalue weighted by Gasteiger charge is 2.09. The van der Waals surface area contributed by atoms with Crippen LogP contribution in [0.4, 0.5) is 5.69 Å². The van der Waals surface area contributed by atoms with Gasteiger partial charge in [0, 0.05) is 5.69 Å². The maximum atomic E-state index is 12.0. The fourth-order valence-electron chi connectivity index (χ4n) is 2.15. The summed E-state index contributed by atoms with van der Waals surface area (Å²) in [5, 5.41) is 8.54. The second-order valence-electron chi connectivity index (χ2n) is 6.13. The van der Waals surface area contributed by atoms with E-state index in [0.717, 1.165) is 0 Å². The molecule has 0 fully saturated rings. The summed E-state index contributed by atoms with van der Waals surface area (Å²) < 4.78 is 46.8. The fraction of sp³-hybridized carbons (Fsp3) is 0.700. The van der Waals surface area contributed by atoms with Gasteiger partial charge in [0.25, 0.3) is 0 Å². The molecule has 0 aliphatic heterocycles. The average molecular weight is 465 g/mol. The second kappa shape index (κ2) is 20.9. The van der Waals surface area contributed by atoms with Gasteiger partial charge in [0.15, 0.2) is 4.90 Å². The summed E-state index contributed by atoms with van der Waals surface area (Å²) >= 11 is -1.27. The Balaban J connectivity index is 1.74. The topological polar surface area (TPSA) is 137 Å².